The molecule has 0 unspecified atom stereocenters. The summed E-state index contributed by atoms with van der Waals surface area (Å²) in [4.78, 5) is 30.7. The van der Waals surface area contributed by atoms with Crippen molar-refractivity contribution in [3.05, 3.63) is 90.5 Å². The summed E-state index contributed by atoms with van der Waals surface area (Å²) < 4.78 is 0. The molecule has 0 radical (unpaired) electrons. The number of nitrogens with zero attached hydrogens (tertiary/aromatic N) is 2. The Bertz CT molecular complexity index is 1110. The molecule has 2 aromatic rings. The molecule has 1 aliphatic carbocycles. The molecule has 4 atom stereocenters. The molecule has 4 nitrogen and oxygen atoms in total. The van der Waals surface area contributed by atoms with Gasteiger partial charge >= 0.3 is 0 Å². The summed E-state index contributed by atoms with van der Waals surface area (Å²) in [7, 11) is 0. The van der Waals surface area contributed by atoms with Crippen molar-refractivity contribution >= 4 is 17.5 Å². The smallest absolute Gasteiger partial charge is 0.246 e. The first kappa shape index (κ1) is 17.7. The second-order valence-electron chi connectivity index (χ2n) is 9.06. The minimum atomic E-state index is -0.347. The molecule has 4 aliphatic rings. The standard InChI is InChI=1S/C26H24N2O2/c1-2-25-13-12-22(29)27-15-14-26(24(25)27)19-10-6-7-11-21(19)28(23(30)20(26)16-25)17-18-8-4-3-5-9-18/h2-13,20,24H,1,14-17H2/t20-,24+,25+,26+/m1/s1. The summed E-state index contributed by atoms with van der Waals surface area (Å²) in [5.74, 6) is 0.0854. The van der Waals surface area contributed by atoms with Crippen molar-refractivity contribution in [1.82, 2.24) is 4.90 Å². The lowest BCUT2D eigenvalue weighted by Gasteiger charge is -2.47. The van der Waals surface area contributed by atoms with Crippen LogP contribution in [0.25, 0.3) is 0 Å². The van der Waals surface area contributed by atoms with Crippen LogP contribution < -0.4 is 4.90 Å². The molecule has 3 heterocycles. The van der Waals surface area contributed by atoms with Crippen LogP contribution in [-0.4, -0.2) is 29.3 Å². The number of anilines is 1. The van der Waals surface area contributed by atoms with Crippen molar-refractivity contribution in [1.29, 1.82) is 0 Å². The molecule has 4 heteroatoms. The number of fused-ring (bicyclic) bond motifs is 1. The topological polar surface area (TPSA) is 40.6 Å². The predicted molar refractivity (Wildman–Crippen MR) is 116 cm³/mol. The van der Waals surface area contributed by atoms with Crippen molar-refractivity contribution < 1.29 is 9.59 Å². The molecule has 2 amide bonds. The largest absolute Gasteiger partial charge is 0.334 e. The van der Waals surface area contributed by atoms with Gasteiger partial charge in [-0.3, -0.25) is 9.59 Å². The van der Waals surface area contributed by atoms with E-state index in [1.165, 1.54) is 5.56 Å². The lowest BCUT2D eigenvalue weighted by molar-refractivity contribution is -0.130. The number of carbonyl (C=O) groups excluding carboxylic acids is 2. The number of hydrogen-bond acceptors (Lipinski definition) is 2. The van der Waals surface area contributed by atoms with Crippen LogP contribution in [0.4, 0.5) is 5.69 Å². The number of rotatable bonds is 3. The summed E-state index contributed by atoms with van der Waals surface area (Å²) in [5.41, 5.74) is 2.64. The first-order chi connectivity index (χ1) is 14.6. The van der Waals surface area contributed by atoms with E-state index < -0.39 is 0 Å². The maximum atomic E-state index is 14.0. The fourth-order valence-electron chi connectivity index (χ4n) is 6.73. The molecular weight excluding hydrogens is 372 g/mol. The molecular formula is C26H24N2O2. The quantitative estimate of drug-likeness (QED) is 0.740. The van der Waals surface area contributed by atoms with Crippen LogP contribution in [0.2, 0.25) is 0 Å². The monoisotopic (exact) mass is 396 g/mol. The highest BCUT2D eigenvalue weighted by Gasteiger charge is 2.71. The van der Waals surface area contributed by atoms with E-state index >= 15 is 0 Å². The third-order valence-corrected chi connectivity index (χ3v) is 7.90. The predicted octanol–water partition coefficient (Wildman–Crippen LogP) is 3.83. The van der Waals surface area contributed by atoms with Gasteiger partial charge in [-0.1, -0.05) is 60.7 Å². The summed E-state index contributed by atoms with van der Waals surface area (Å²) in [6.07, 6.45) is 7.22. The van der Waals surface area contributed by atoms with Gasteiger partial charge < -0.3 is 9.80 Å². The van der Waals surface area contributed by atoms with Crippen molar-refractivity contribution in [2.45, 2.75) is 30.8 Å². The molecule has 0 aromatic heterocycles. The molecule has 2 fully saturated rings. The lowest BCUT2D eigenvalue weighted by atomic mass is 9.64. The average molecular weight is 396 g/mol. The highest BCUT2D eigenvalue weighted by Crippen LogP contribution is 2.66. The number of benzene rings is 2. The zero-order valence-corrected chi connectivity index (χ0v) is 16.8. The minimum absolute atomic E-state index is 0.0334. The van der Waals surface area contributed by atoms with Gasteiger partial charge in [-0.15, -0.1) is 6.58 Å². The second kappa shape index (κ2) is 5.94. The van der Waals surface area contributed by atoms with Gasteiger partial charge in [-0.25, -0.2) is 0 Å². The van der Waals surface area contributed by atoms with Crippen molar-refractivity contribution in [3.8, 4) is 0 Å². The third-order valence-electron chi connectivity index (χ3n) is 7.90. The molecule has 3 aliphatic heterocycles. The molecule has 1 saturated heterocycles. The molecule has 0 bridgehead atoms. The fourth-order valence-corrected chi connectivity index (χ4v) is 6.73. The summed E-state index contributed by atoms with van der Waals surface area (Å²) in [5, 5.41) is 0. The second-order valence-corrected chi connectivity index (χ2v) is 9.06. The Balaban J connectivity index is 1.55. The van der Waals surface area contributed by atoms with Gasteiger partial charge in [0.25, 0.3) is 0 Å². The molecule has 2 aromatic carbocycles. The zero-order chi connectivity index (χ0) is 20.5. The molecule has 1 saturated carbocycles. The van der Waals surface area contributed by atoms with Gasteiger partial charge in [0.05, 0.1) is 18.5 Å². The van der Waals surface area contributed by atoms with Crippen LogP contribution in [0.1, 0.15) is 24.0 Å². The van der Waals surface area contributed by atoms with Crippen molar-refractivity contribution in [2.75, 3.05) is 11.4 Å². The maximum Gasteiger partial charge on any atom is 0.246 e. The van der Waals surface area contributed by atoms with E-state index in [2.05, 4.69) is 36.9 Å². The lowest BCUT2D eigenvalue weighted by Crippen LogP contribution is -2.55. The SMILES string of the molecule is C=C[C@]12C=CC(=O)N3CC[C@@]4(c5ccccc5N(Cc5ccccc5)C(=O)[C@H]4C1)[C@@H]32. The van der Waals surface area contributed by atoms with E-state index in [1.54, 1.807) is 6.08 Å². The Labute approximate surface area is 176 Å². The zero-order valence-electron chi connectivity index (χ0n) is 16.8. The molecule has 30 heavy (non-hydrogen) atoms. The van der Waals surface area contributed by atoms with Crippen LogP contribution in [0.5, 0.6) is 0 Å². The van der Waals surface area contributed by atoms with Gasteiger partial charge in [0, 0.05) is 29.1 Å². The number of hydrogen-bond donors (Lipinski definition) is 0. The van der Waals surface area contributed by atoms with E-state index in [1.807, 2.05) is 46.2 Å². The van der Waals surface area contributed by atoms with E-state index in [4.69, 9.17) is 0 Å². The van der Waals surface area contributed by atoms with Crippen molar-refractivity contribution in [3.63, 3.8) is 0 Å². The van der Waals surface area contributed by atoms with Gasteiger partial charge in [0.2, 0.25) is 11.8 Å². The molecule has 0 N–H and O–H groups in total. The molecule has 6 rings (SSSR count). The van der Waals surface area contributed by atoms with Crippen LogP contribution >= 0.6 is 0 Å². The molecule has 150 valence electrons. The van der Waals surface area contributed by atoms with E-state index in [0.29, 0.717) is 19.5 Å². The van der Waals surface area contributed by atoms with Crippen LogP contribution in [0, 0.1) is 11.3 Å². The Morgan fingerprint density at radius 3 is 2.63 bits per heavy atom. The van der Waals surface area contributed by atoms with Crippen LogP contribution in [0.15, 0.2) is 79.4 Å². The molecule has 1 spiro atoms. The van der Waals surface area contributed by atoms with Gasteiger partial charge in [-0.05, 0) is 30.0 Å². The van der Waals surface area contributed by atoms with Crippen LogP contribution in [0.3, 0.4) is 0 Å². The number of para-hydroxylation sites is 1. The van der Waals surface area contributed by atoms with E-state index in [-0.39, 0.29) is 34.6 Å². The third kappa shape index (κ3) is 2.01. The first-order valence-electron chi connectivity index (χ1n) is 10.7. The summed E-state index contributed by atoms with van der Waals surface area (Å²) in [6.45, 7) is 5.41. The Kier molecular flexibility index (Phi) is 3.51. The van der Waals surface area contributed by atoms with Crippen molar-refractivity contribution in [2.24, 2.45) is 11.3 Å². The fraction of sp³-hybridized carbons (Fsp3) is 0.308. The highest BCUT2D eigenvalue weighted by atomic mass is 16.2. The minimum Gasteiger partial charge on any atom is -0.334 e. The van der Waals surface area contributed by atoms with E-state index in [0.717, 1.165) is 17.7 Å². The van der Waals surface area contributed by atoms with Crippen LogP contribution in [-0.2, 0) is 21.5 Å². The Morgan fingerprint density at radius 1 is 1.07 bits per heavy atom. The van der Waals surface area contributed by atoms with Gasteiger partial charge in [0.1, 0.15) is 0 Å². The number of carbonyl (C=O) groups is 2. The highest BCUT2D eigenvalue weighted by molar-refractivity contribution is 6.01. The number of amides is 2. The Morgan fingerprint density at radius 2 is 1.83 bits per heavy atom. The normalized spacial score (nSPS) is 33.3. The Hall–Kier alpha value is -3.14. The first-order valence-corrected chi connectivity index (χ1v) is 10.7. The van der Waals surface area contributed by atoms with E-state index in [9.17, 15) is 9.59 Å². The maximum absolute atomic E-state index is 14.0. The average Bonchev–Trinajstić information content (AvgIpc) is 3.33. The van der Waals surface area contributed by atoms with Gasteiger partial charge in [-0.2, -0.15) is 0 Å². The summed E-state index contributed by atoms with van der Waals surface area (Å²) in [6, 6.07) is 18.4. The van der Waals surface area contributed by atoms with Gasteiger partial charge in [0.15, 0.2) is 0 Å². The summed E-state index contributed by atoms with van der Waals surface area (Å²) >= 11 is 0.